The van der Waals surface area contributed by atoms with Crippen LogP contribution in [0.2, 0.25) is 0 Å². The van der Waals surface area contributed by atoms with Gasteiger partial charge in [-0.2, -0.15) is 0 Å². The summed E-state index contributed by atoms with van der Waals surface area (Å²) in [7, 11) is 1.81. The molecule has 19 heavy (non-hydrogen) atoms. The Kier molecular flexibility index (Phi) is 4.11. The quantitative estimate of drug-likeness (QED) is 0.871. The lowest BCUT2D eigenvalue weighted by Gasteiger charge is -2.15. The lowest BCUT2D eigenvalue weighted by molar-refractivity contribution is 0.242. The summed E-state index contributed by atoms with van der Waals surface area (Å²) in [6, 6.07) is 7.90. The molecule has 0 aliphatic rings. The van der Waals surface area contributed by atoms with Crippen LogP contribution in [0, 0.1) is 0 Å². The van der Waals surface area contributed by atoms with Crippen LogP contribution in [0.15, 0.2) is 24.3 Å². The number of benzene rings is 1. The van der Waals surface area contributed by atoms with Crippen LogP contribution in [-0.2, 0) is 7.05 Å². The van der Waals surface area contributed by atoms with Gasteiger partial charge in [0.25, 0.3) is 0 Å². The van der Waals surface area contributed by atoms with E-state index < -0.39 is 0 Å². The Morgan fingerprint density at radius 3 is 2.42 bits per heavy atom. The molecule has 0 spiro atoms. The molecule has 0 amide bonds. The zero-order valence-corrected chi connectivity index (χ0v) is 11.4. The predicted octanol–water partition coefficient (Wildman–Crippen LogP) is 1.09. The molecule has 0 radical (unpaired) electrons. The fraction of sp³-hybridized carbons (Fsp3) is 0.462. The highest BCUT2D eigenvalue weighted by Crippen LogP contribution is 2.23. The second-order valence-corrected chi connectivity index (χ2v) is 4.68. The maximum atomic E-state index is 5.84. The van der Waals surface area contributed by atoms with Crippen LogP contribution < -0.4 is 10.5 Å². The van der Waals surface area contributed by atoms with Gasteiger partial charge in [-0.1, -0.05) is 12.1 Å². The maximum absolute atomic E-state index is 5.84. The zero-order valence-electron chi connectivity index (χ0n) is 11.4. The number of hydrogen-bond acceptors (Lipinski definition) is 5. The first-order valence-corrected chi connectivity index (χ1v) is 6.30. The first-order valence-electron chi connectivity index (χ1n) is 6.30. The minimum Gasteiger partial charge on any atom is -0.491 e. The summed E-state index contributed by atoms with van der Waals surface area (Å²) in [5.74, 6) is 1.61. The molecule has 6 heteroatoms. The molecular weight excluding hydrogens is 242 g/mol. The van der Waals surface area contributed by atoms with E-state index in [9.17, 15) is 0 Å². The van der Waals surface area contributed by atoms with E-state index in [0.717, 1.165) is 17.1 Å². The third-order valence-electron chi connectivity index (χ3n) is 2.85. The Hall–Kier alpha value is -1.95. The van der Waals surface area contributed by atoms with Crippen molar-refractivity contribution in [3.05, 3.63) is 35.7 Å². The van der Waals surface area contributed by atoms with Crippen LogP contribution in [0.25, 0.3) is 0 Å². The topological polar surface area (TPSA) is 78.8 Å². The van der Waals surface area contributed by atoms with Gasteiger partial charge in [0.2, 0.25) is 0 Å². The molecule has 0 saturated carbocycles. The molecule has 0 saturated heterocycles. The molecule has 102 valence electrons. The molecule has 2 aromatic rings. The van der Waals surface area contributed by atoms with E-state index >= 15 is 0 Å². The first-order chi connectivity index (χ1) is 9.11. The molecular formula is C13H19N5O. The standard InChI is InChI=1S/C13H19N5O/c1-9(2)19-11-6-4-10(5-7-11)12(8-14)13-15-16-17-18(13)3/h4-7,9,12H,8,14H2,1-3H3. The van der Waals surface area contributed by atoms with Gasteiger partial charge in [0, 0.05) is 13.6 Å². The number of aryl methyl sites for hydroxylation is 1. The summed E-state index contributed by atoms with van der Waals surface area (Å²) in [6.45, 7) is 4.46. The lowest BCUT2D eigenvalue weighted by atomic mass is 9.98. The third-order valence-corrected chi connectivity index (χ3v) is 2.85. The number of rotatable bonds is 5. The molecule has 1 aromatic heterocycles. The van der Waals surface area contributed by atoms with Crippen molar-refractivity contribution in [1.29, 1.82) is 0 Å². The van der Waals surface area contributed by atoms with Gasteiger partial charge < -0.3 is 10.5 Å². The lowest BCUT2D eigenvalue weighted by Crippen LogP contribution is -2.18. The Balaban J connectivity index is 2.22. The van der Waals surface area contributed by atoms with Gasteiger partial charge in [-0.15, -0.1) is 5.10 Å². The van der Waals surface area contributed by atoms with Crippen molar-refractivity contribution < 1.29 is 4.74 Å². The molecule has 1 aromatic carbocycles. The molecule has 0 aliphatic heterocycles. The van der Waals surface area contributed by atoms with E-state index in [2.05, 4.69) is 15.5 Å². The minimum atomic E-state index is -0.00639. The molecule has 2 rings (SSSR count). The van der Waals surface area contributed by atoms with E-state index in [-0.39, 0.29) is 12.0 Å². The number of nitrogens with two attached hydrogens (primary N) is 1. The molecule has 2 N–H and O–H groups in total. The Labute approximate surface area is 112 Å². The highest BCUT2D eigenvalue weighted by Gasteiger charge is 2.18. The van der Waals surface area contributed by atoms with Crippen molar-refractivity contribution in [2.45, 2.75) is 25.9 Å². The number of ether oxygens (including phenoxy) is 1. The van der Waals surface area contributed by atoms with Gasteiger partial charge in [-0.05, 0) is 42.0 Å². The second-order valence-electron chi connectivity index (χ2n) is 4.68. The van der Waals surface area contributed by atoms with Crippen molar-refractivity contribution in [2.24, 2.45) is 12.8 Å². The average Bonchev–Trinajstić information content (AvgIpc) is 2.78. The van der Waals surface area contributed by atoms with Gasteiger partial charge in [-0.25, -0.2) is 4.68 Å². The highest BCUT2D eigenvalue weighted by atomic mass is 16.5. The van der Waals surface area contributed by atoms with E-state index in [4.69, 9.17) is 10.5 Å². The largest absolute Gasteiger partial charge is 0.491 e. The van der Waals surface area contributed by atoms with Crippen LogP contribution in [0.5, 0.6) is 5.75 Å². The van der Waals surface area contributed by atoms with Crippen molar-refractivity contribution in [3.63, 3.8) is 0 Å². The summed E-state index contributed by atoms with van der Waals surface area (Å²) in [5.41, 5.74) is 6.92. The fourth-order valence-corrected chi connectivity index (χ4v) is 1.97. The molecule has 0 bridgehead atoms. The van der Waals surface area contributed by atoms with Crippen molar-refractivity contribution in [3.8, 4) is 5.75 Å². The Morgan fingerprint density at radius 1 is 1.26 bits per heavy atom. The van der Waals surface area contributed by atoms with E-state index in [1.165, 1.54) is 0 Å². The van der Waals surface area contributed by atoms with E-state index in [0.29, 0.717) is 6.54 Å². The summed E-state index contributed by atoms with van der Waals surface area (Å²) < 4.78 is 7.27. The zero-order chi connectivity index (χ0) is 13.8. The molecule has 1 heterocycles. The summed E-state index contributed by atoms with van der Waals surface area (Å²) in [6.07, 6.45) is 0.166. The normalized spacial score (nSPS) is 12.7. The summed E-state index contributed by atoms with van der Waals surface area (Å²) in [5, 5.41) is 11.5. The Bertz CT molecular complexity index is 520. The van der Waals surface area contributed by atoms with E-state index in [1.807, 2.05) is 45.2 Å². The first kappa shape index (κ1) is 13.5. The third kappa shape index (κ3) is 3.08. The smallest absolute Gasteiger partial charge is 0.159 e. The fourth-order valence-electron chi connectivity index (χ4n) is 1.97. The van der Waals surface area contributed by atoms with Crippen LogP contribution in [0.3, 0.4) is 0 Å². The number of nitrogens with zero attached hydrogens (tertiary/aromatic N) is 4. The van der Waals surface area contributed by atoms with Crippen molar-refractivity contribution in [2.75, 3.05) is 6.54 Å². The number of tetrazole rings is 1. The average molecular weight is 261 g/mol. The van der Waals surface area contributed by atoms with Gasteiger partial charge in [0.1, 0.15) is 5.75 Å². The van der Waals surface area contributed by atoms with Crippen molar-refractivity contribution in [1.82, 2.24) is 20.2 Å². The molecule has 1 atom stereocenters. The minimum absolute atomic E-state index is 0.00639. The van der Waals surface area contributed by atoms with Gasteiger partial charge in [-0.3, -0.25) is 0 Å². The maximum Gasteiger partial charge on any atom is 0.159 e. The SMILES string of the molecule is CC(C)Oc1ccc(C(CN)c2nnnn2C)cc1. The predicted molar refractivity (Wildman–Crippen MR) is 71.9 cm³/mol. The van der Waals surface area contributed by atoms with Gasteiger partial charge >= 0.3 is 0 Å². The van der Waals surface area contributed by atoms with E-state index in [1.54, 1.807) is 4.68 Å². The monoisotopic (exact) mass is 261 g/mol. The Morgan fingerprint density at radius 2 is 1.95 bits per heavy atom. The second kappa shape index (κ2) is 5.79. The van der Waals surface area contributed by atoms with Crippen LogP contribution in [-0.4, -0.2) is 32.9 Å². The van der Waals surface area contributed by atoms with Gasteiger partial charge in [0.15, 0.2) is 5.82 Å². The molecule has 6 nitrogen and oxygen atoms in total. The van der Waals surface area contributed by atoms with Crippen LogP contribution in [0.1, 0.15) is 31.2 Å². The number of aromatic nitrogens is 4. The molecule has 0 fully saturated rings. The summed E-state index contributed by atoms with van der Waals surface area (Å²) >= 11 is 0. The summed E-state index contributed by atoms with van der Waals surface area (Å²) in [4.78, 5) is 0. The molecule has 0 aliphatic carbocycles. The van der Waals surface area contributed by atoms with Crippen LogP contribution >= 0.6 is 0 Å². The van der Waals surface area contributed by atoms with Crippen molar-refractivity contribution >= 4 is 0 Å². The van der Waals surface area contributed by atoms with Gasteiger partial charge in [0.05, 0.1) is 12.0 Å². The van der Waals surface area contributed by atoms with Crippen LogP contribution in [0.4, 0.5) is 0 Å². The highest BCUT2D eigenvalue weighted by molar-refractivity contribution is 5.32. The molecule has 1 unspecified atom stereocenters. The number of hydrogen-bond donors (Lipinski definition) is 1.